The summed E-state index contributed by atoms with van der Waals surface area (Å²) in [5.74, 6) is -0.0797. The zero-order valence-corrected chi connectivity index (χ0v) is 13.9. The Morgan fingerprint density at radius 3 is 2.76 bits per heavy atom. The summed E-state index contributed by atoms with van der Waals surface area (Å²) in [6.45, 7) is -0.892. The van der Waals surface area contributed by atoms with Crippen LogP contribution in [-0.2, 0) is 11.2 Å². The molecule has 0 bridgehead atoms. The quantitative estimate of drug-likeness (QED) is 0.887. The number of rotatable bonds is 5. The summed E-state index contributed by atoms with van der Waals surface area (Å²) in [5.41, 5.74) is 2.44. The van der Waals surface area contributed by atoms with Gasteiger partial charge >= 0.3 is 6.61 Å². The fourth-order valence-corrected chi connectivity index (χ4v) is 3.14. The fourth-order valence-electron chi connectivity index (χ4n) is 3.14. The minimum absolute atomic E-state index is 0.00227. The van der Waals surface area contributed by atoms with E-state index in [-0.39, 0.29) is 24.2 Å². The predicted octanol–water partition coefficient (Wildman–Crippen LogP) is 4.07. The Hall–Kier alpha value is -2.63. The first-order chi connectivity index (χ1) is 12.1. The van der Waals surface area contributed by atoms with Crippen molar-refractivity contribution in [3.05, 3.63) is 54.1 Å². The molecule has 0 spiro atoms. The molecule has 132 valence electrons. The number of nitrogens with zero attached hydrogens (tertiary/aromatic N) is 1. The third kappa shape index (κ3) is 3.90. The van der Waals surface area contributed by atoms with Gasteiger partial charge in [0.2, 0.25) is 5.91 Å². The average Bonchev–Trinajstić information content (AvgIpc) is 2.60. The monoisotopic (exact) mass is 346 g/mol. The molecule has 1 aliphatic heterocycles. The molecule has 1 aliphatic rings. The Morgan fingerprint density at radius 1 is 1.24 bits per heavy atom. The van der Waals surface area contributed by atoms with E-state index in [0.29, 0.717) is 5.69 Å². The van der Waals surface area contributed by atoms with Crippen LogP contribution in [0.1, 0.15) is 18.9 Å². The summed E-state index contributed by atoms with van der Waals surface area (Å²) in [6, 6.07) is 14.3. The number of fused-ring (bicyclic) bond motifs is 1. The van der Waals surface area contributed by atoms with Crippen molar-refractivity contribution in [2.75, 3.05) is 16.8 Å². The first-order valence-electron chi connectivity index (χ1n) is 8.24. The van der Waals surface area contributed by atoms with Gasteiger partial charge in [-0.15, -0.1) is 0 Å². The molecule has 0 radical (unpaired) electrons. The molecule has 1 heterocycles. The lowest BCUT2D eigenvalue weighted by Crippen LogP contribution is -2.44. The van der Waals surface area contributed by atoms with E-state index in [1.54, 1.807) is 23.1 Å². The number of carbonyl (C=O) groups is 1. The Labute approximate surface area is 145 Å². The van der Waals surface area contributed by atoms with Gasteiger partial charge in [-0.2, -0.15) is 8.78 Å². The van der Waals surface area contributed by atoms with E-state index in [0.717, 1.165) is 24.1 Å². The van der Waals surface area contributed by atoms with Crippen LogP contribution < -0.4 is 15.0 Å². The topological polar surface area (TPSA) is 41.6 Å². The number of ether oxygens (including phenoxy) is 1. The lowest BCUT2D eigenvalue weighted by atomic mass is 9.96. The molecule has 1 N–H and O–H groups in total. The van der Waals surface area contributed by atoms with Crippen molar-refractivity contribution >= 4 is 17.3 Å². The predicted molar refractivity (Wildman–Crippen MR) is 93.3 cm³/mol. The highest BCUT2D eigenvalue weighted by Gasteiger charge is 2.27. The molecule has 2 aromatic carbocycles. The molecule has 1 atom stereocenters. The molecule has 0 saturated carbocycles. The van der Waals surface area contributed by atoms with E-state index in [1.165, 1.54) is 6.07 Å². The lowest BCUT2D eigenvalue weighted by Gasteiger charge is -2.35. The highest BCUT2D eigenvalue weighted by molar-refractivity contribution is 5.97. The van der Waals surface area contributed by atoms with Gasteiger partial charge in [-0.3, -0.25) is 4.79 Å². The number of benzene rings is 2. The van der Waals surface area contributed by atoms with Crippen molar-refractivity contribution in [2.24, 2.45) is 0 Å². The summed E-state index contributed by atoms with van der Waals surface area (Å²) < 4.78 is 29.4. The van der Waals surface area contributed by atoms with Crippen LogP contribution >= 0.6 is 0 Å². The normalized spacial score (nSPS) is 16.5. The zero-order valence-electron chi connectivity index (χ0n) is 13.9. The Morgan fingerprint density at radius 2 is 1.96 bits per heavy atom. The van der Waals surface area contributed by atoms with Crippen molar-refractivity contribution in [3.8, 4) is 5.75 Å². The molecule has 1 amide bonds. The number of alkyl halides is 2. The van der Waals surface area contributed by atoms with Crippen LogP contribution in [0.4, 0.5) is 20.2 Å². The highest BCUT2D eigenvalue weighted by Crippen LogP contribution is 2.31. The third-order valence-electron chi connectivity index (χ3n) is 4.33. The van der Waals surface area contributed by atoms with Crippen LogP contribution in [-0.4, -0.2) is 25.1 Å². The second-order valence-electron chi connectivity index (χ2n) is 6.01. The molecule has 3 rings (SSSR count). The van der Waals surface area contributed by atoms with E-state index < -0.39 is 6.61 Å². The number of para-hydroxylation sites is 3. The zero-order chi connectivity index (χ0) is 17.8. The fraction of sp³-hybridized carbons (Fsp3) is 0.316. The number of amides is 1. The van der Waals surface area contributed by atoms with Crippen LogP contribution in [0.2, 0.25) is 0 Å². The number of halogens is 2. The van der Waals surface area contributed by atoms with E-state index in [9.17, 15) is 13.6 Å². The van der Waals surface area contributed by atoms with Gasteiger partial charge in [-0.25, -0.2) is 0 Å². The number of anilines is 2. The molecule has 0 aromatic heterocycles. The van der Waals surface area contributed by atoms with Gasteiger partial charge in [-0.1, -0.05) is 30.3 Å². The number of hydrogen-bond donors (Lipinski definition) is 1. The van der Waals surface area contributed by atoms with Gasteiger partial charge in [0, 0.05) is 11.7 Å². The Balaban J connectivity index is 1.73. The number of carbonyl (C=O) groups excluding carboxylic acids is 1. The number of hydrogen-bond acceptors (Lipinski definition) is 3. The Kier molecular flexibility index (Phi) is 5.16. The average molecular weight is 346 g/mol. The van der Waals surface area contributed by atoms with Gasteiger partial charge in [0.05, 0.1) is 12.2 Å². The van der Waals surface area contributed by atoms with E-state index in [1.807, 2.05) is 31.2 Å². The minimum Gasteiger partial charge on any atom is -0.433 e. The summed E-state index contributed by atoms with van der Waals surface area (Å²) in [4.78, 5) is 14.5. The third-order valence-corrected chi connectivity index (χ3v) is 4.33. The first kappa shape index (κ1) is 17.2. The van der Waals surface area contributed by atoms with Crippen molar-refractivity contribution in [2.45, 2.75) is 32.4 Å². The van der Waals surface area contributed by atoms with Gasteiger partial charge < -0.3 is 15.0 Å². The lowest BCUT2D eigenvalue weighted by molar-refractivity contribution is -0.117. The van der Waals surface area contributed by atoms with E-state index in [4.69, 9.17) is 0 Å². The maximum Gasteiger partial charge on any atom is 0.387 e. The number of aryl methyl sites for hydroxylation is 1. The maximum absolute atomic E-state index is 12.8. The summed E-state index contributed by atoms with van der Waals surface area (Å²) in [7, 11) is 0. The summed E-state index contributed by atoms with van der Waals surface area (Å²) in [5, 5.41) is 2.92. The molecule has 25 heavy (non-hydrogen) atoms. The molecule has 4 nitrogen and oxygen atoms in total. The van der Waals surface area contributed by atoms with Gasteiger partial charge in [0.25, 0.3) is 0 Å². The van der Waals surface area contributed by atoms with Crippen molar-refractivity contribution in [1.29, 1.82) is 0 Å². The van der Waals surface area contributed by atoms with Crippen LogP contribution in [0.25, 0.3) is 0 Å². The van der Waals surface area contributed by atoms with E-state index >= 15 is 0 Å². The SMILES string of the molecule is C[C@H]1CCc2ccccc2N1C(=O)CNc1ccccc1OC(F)F. The molecule has 0 fully saturated rings. The molecule has 0 aliphatic carbocycles. The van der Waals surface area contributed by atoms with Crippen LogP contribution in [0, 0.1) is 0 Å². The van der Waals surface area contributed by atoms with Crippen molar-refractivity contribution in [3.63, 3.8) is 0 Å². The molecule has 0 unspecified atom stereocenters. The van der Waals surface area contributed by atoms with Crippen LogP contribution in [0.5, 0.6) is 5.75 Å². The van der Waals surface area contributed by atoms with Crippen molar-refractivity contribution < 1.29 is 18.3 Å². The van der Waals surface area contributed by atoms with Gasteiger partial charge in [0.1, 0.15) is 5.75 Å². The van der Waals surface area contributed by atoms with Gasteiger partial charge in [0.15, 0.2) is 0 Å². The van der Waals surface area contributed by atoms with Gasteiger partial charge in [-0.05, 0) is 43.5 Å². The largest absolute Gasteiger partial charge is 0.433 e. The molecule has 6 heteroatoms. The first-order valence-corrected chi connectivity index (χ1v) is 8.24. The maximum atomic E-state index is 12.8. The second kappa shape index (κ2) is 7.51. The summed E-state index contributed by atoms with van der Waals surface area (Å²) >= 11 is 0. The van der Waals surface area contributed by atoms with Crippen molar-refractivity contribution in [1.82, 2.24) is 0 Å². The second-order valence-corrected chi connectivity index (χ2v) is 6.01. The van der Waals surface area contributed by atoms with E-state index in [2.05, 4.69) is 10.1 Å². The molecular formula is C19H20F2N2O2. The molecular weight excluding hydrogens is 326 g/mol. The minimum atomic E-state index is -2.91. The molecule has 2 aromatic rings. The molecule has 0 saturated heterocycles. The highest BCUT2D eigenvalue weighted by atomic mass is 19.3. The number of nitrogens with one attached hydrogen (secondary N) is 1. The Bertz CT molecular complexity index is 752. The smallest absolute Gasteiger partial charge is 0.387 e. The standard InChI is InChI=1S/C19H20F2N2O2/c1-13-10-11-14-6-2-4-8-16(14)23(13)18(24)12-22-15-7-3-5-9-17(15)25-19(20)21/h2-9,13,19,22H,10-12H2,1H3/t13-/m0/s1. The van der Waals surface area contributed by atoms with Crippen LogP contribution in [0.15, 0.2) is 48.5 Å². The summed E-state index contributed by atoms with van der Waals surface area (Å²) in [6.07, 6.45) is 1.84. The van der Waals surface area contributed by atoms with Crippen LogP contribution in [0.3, 0.4) is 0 Å².